The predicted octanol–water partition coefficient (Wildman–Crippen LogP) is 2.68. The van der Waals surface area contributed by atoms with E-state index in [1.165, 1.54) is 5.56 Å². The first-order valence-corrected chi connectivity index (χ1v) is 10.9. The van der Waals surface area contributed by atoms with Gasteiger partial charge in [0, 0.05) is 31.8 Å². The van der Waals surface area contributed by atoms with E-state index in [9.17, 15) is 0 Å². The van der Waals surface area contributed by atoms with Gasteiger partial charge in [0.25, 0.3) is 0 Å². The molecule has 8 nitrogen and oxygen atoms in total. The number of unbranched alkanes of at least 4 members (excludes halogenated alkanes) is 1. The van der Waals surface area contributed by atoms with Crippen molar-refractivity contribution in [2.45, 2.75) is 58.7 Å². The first-order valence-electron chi connectivity index (χ1n) is 10.9. The molecule has 0 bridgehead atoms. The molecule has 1 aliphatic heterocycles. The molecule has 1 fully saturated rings. The molecule has 1 atom stereocenters. The van der Waals surface area contributed by atoms with Gasteiger partial charge in [-0.3, -0.25) is 0 Å². The second kappa shape index (κ2) is 12.2. The summed E-state index contributed by atoms with van der Waals surface area (Å²) in [6, 6.07) is 6.30. The second-order valence-corrected chi connectivity index (χ2v) is 7.59. The van der Waals surface area contributed by atoms with E-state index in [1.807, 2.05) is 4.57 Å². The van der Waals surface area contributed by atoms with Crippen LogP contribution in [0.3, 0.4) is 0 Å². The van der Waals surface area contributed by atoms with Gasteiger partial charge in [-0.15, -0.1) is 10.2 Å². The summed E-state index contributed by atoms with van der Waals surface area (Å²) in [7, 11) is 0. The van der Waals surface area contributed by atoms with Crippen LogP contribution in [-0.4, -0.2) is 53.1 Å². The van der Waals surface area contributed by atoms with Crippen molar-refractivity contribution in [3.63, 3.8) is 0 Å². The van der Waals surface area contributed by atoms with Crippen molar-refractivity contribution in [1.29, 1.82) is 0 Å². The van der Waals surface area contributed by atoms with Gasteiger partial charge in [-0.1, -0.05) is 12.1 Å². The summed E-state index contributed by atoms with van der Waals surface area (Å²) in [4.78, 5) is 4.76. The maximum atomic E-state index is 6.10. The van der Waals surface area contributed by atoms with Crippen LogP contribution in [0.1, 0.15) is 43.7 Å². The molecule has 164 valence electrons. The third-order valence-corrected chi connectivity index (χ3v) is 5.03. The maximum absolute atomic E-state index is 6.10. The second-order valence-electron chi connectivity index (χ2n) is 7.59. The maximum Gasteiger partial charge on any atom is 0.191 e. The zero-order valence-corrected chi connectivity index (χ0v) is 18.1. The standard InChI is InChI=1S/C22H34N6O2/c1-3-23-22(24-10-4-5-11-28-16-26-27-17-28)25-14-19-9-8-18(2)13-21(19)30-15-20-7-6-12-29-20/h8-9,13,16-17,20H,3-7,10-12,14-15H2,1-2H3,(H2,23,24,25). The molecule has 3 rings (SSSR count). The molecule has 1 unspecified atom stereocenters. The molecule has 2 N–H and O–H groups in total. The Bertz CT molecular complexity index is 772. The first-order chi connectivity index (χ1) is 14.7. The smallest absolute Gasteiger partial charge is 0.191 e. The van der Waals surface area contributed by atoms with Crippen LogP contribution in [0, 0.1) is 6.92 Å². The number of ether oxygens (including phenoxy) is 2. The Morgan fingerprint density at radius 1 is 1.27 bits per heavy atom. The molecule has 2 heterocycles. The number of aliphatic imine (C=N–C) groups is 1. The minimum absolute atomic E-state index is 0.207. The summed E-state index contributed by atoms with van der Waals surface area (Å²) in [6.45, 7) is 8.78. The van der Waals surface area contributed by atoms with Crippen LogP contribution in [0.15, 0.2) is 35.8 Å². The summed E-state index contributed by atoms with van der Waals surface area (Å²) < 4.78 is 13.8. The van der Waals surface area contributed by atoms with Crippen molar-refractivity contribution in [3.05, 3.63) is 42.0 Å². The summed E-state index contributed by atoms with van der Waals surface area (Å²) in [5.41, 5.74) is 2.27. The monoisotopic (exact) mass is 414 g/mol. The van der Waals surface area contributed by atoms with Crippen LogP contribution in [0.5, 0.6) is 5.75 Å². The number of rotatable bonds is 11. The van der Waals surface area contributed by atoms with E-state index in [0.717, 1.165) is 69.2 Å². The summed E-state index contributed by atoms with van der Waals surface area (Å²) >= 11 is 0. The number of aryl methyl sites for hydroxylation is 2. The number of benzene rings is 1. The first kappa shape index (κ1) is 22.1. The molecule has 2 aromatic rings. The molecule has 1 saturated heterocycles. The van der Waals surface area contributed by atoms with Crippen molar-refractivity contribution in [2.75, 3.05) is 26.3 Å². The number of nitrogens with one attached hydrogen (secondary N) is 2. The van der Waals surface area contributed by atoms with Gasteiger partial charge in [0.15, 0.2) is 5.96 Å². The molecule has 0 amide bonds. The summed E-state index contributed by atoms with van der Waals surface area (Å²) in [5.74, 6) is 1.73. The SMILES string of the molecule is CCNC(=NCc1ccc(C)cc1OCC1CCCO1)NCCCCn1cnnc1. The Hall–Kier alpha value is -2.61. The van der Waals surface area contributed by atoms with E-state index < -0.39 is 0 Å². The quantitative estimate of drug-likeness (QED) is 0.334. The Morgan fingerprint density at radius 2 is 2.13 bits per heavy atom. The van der Waals surface area contributed by atoms with Gasteiger partial charge in [-0.25, -0.2) is 4.99 Å². The molecular weight excluding hydrogens is 380 g/mol. The van der Waals surface area contributed by atoms with Crippen molar-refractivity contribution < 1.29 is 9.47 Å². The highest BCUT2D eigenvalue weighted by Gasteiger charge is 2.17. The van der Waals surface area contributed by atoms with Crippen molar-refractivity contribution in [1.82, 2.24) is 25.4 Å². The van der Waals surface area contributed by atoms with Crippen LogP contribution in [0.25, 0.3) is 0 Å². The minimum Gasteiger partial charge on any atom is -0.491 e. The highest BCUT2D eigenvalue weighted by Crippen LogP contribution is 2.23. The third-order valence-electron chi connectivity index (χ3n) is 5.03. The van der Waals surface area contributed by atoms with E-state index in [0.29, 0.717) is 13.2 Å². The predicted molar refractivity (Wildman–Crippen MR) is 118 cm³/mol. The molecule has 1 aromatic carbocycles. The highest BCUT2D eigenvalue weighted by molar-refractivity contribution is 5.79. The van der Waals surface area contributed by atoms with Crippen LogP contribution < -0.4 is 15.4 Å². The molecule has 1 aliphatic rings. The molecule has 0 saturated carbocycles. The molecular formula is C22H34N6O2. The van der Waals surface area contributed by atoms with E-state index >= 15 is 0 Å². The zero-order valence-electron chi connectivity index (χ0n) is 18.1. The third kappa shape index (κ3) is 7.33. The summed E-state index contributed by atoms with van der Waals surface area (Å²) in [6.07, 6.45) is 8.00. The van der Waals surface area contributed by atoms with Crippen LogP contribution in [-0.2, 0) is 17.8 Å². The minimum atomic E-state index is 0.207. The number of aromatic nitrogens is 3. The zero-order chi connectivity index (χ0) is 21.0. The molecule has 8 heteroatoms. The van der Waals surface area contributed by atoms with Gasteiger partial charge < -0.3 is 24.7 Å². The molecule has 30 heavy (non-hydrogen) atoms. The van der Waals surface area contributed by atoms with Gasteiger partial charge in [-0.05, 0) is 51.2 Å². The van der Waals surface area contributed by atoms with Gasteiger partial charge >= 0.3 is 0 Å². The van der Waals surface area contributed by atoms with Crippen molar-refractivity contribution >= 4 is 5.96 Å². The van der Waals surface area contributed by atoms with Crippen LogP contribution >= 0.6 is 0 Å². The summed E-state index contributed by atoms with van der Waals surface area (Å²) in [5, 5.41) is 14.4. The average molecular weight is 415 g/mol. The van der Waals surface area contributed by atoms with Crippen molar-refractivity contribution in [3.8, 4) is 5.75 Å². The number of guanidine groups is 1. The average Bonchev–Trinajstić information content (AvgIpc) is 3.45. The van der Waals surface area contributed by atoms with E-state index in [4.69, 9.17) is 14.5 Å². The molecule has 1 aromatic heterocycles. The van der Waals surface area contributed by atoms with Gasteiger partial charge in [0.2, 0.25) is 0 Å². The van der Waals surface area contributed by atoms with Crippen LogP contribution in [0.2, 0.25) is 0 Å². The van der Waals surface area contributed by atoms with Crippen molar-refractivity contribution in [2.24, 2.45) is 4.99 Å². The molecule has 0 aliphatic carbocycles. The van der Waals surface area contributed by atoms with Crippen LogP contribution in [0.4, 0.5) is 0 Å². The Labute approximate surface area is 179 Å². The fourth-order valence-electron chi connectivity index (χ4n) is 3.35. The lowest BCUT2D eigenvalue weighted by molar-refractivity contribution is 0.0676. The Kier molecular flexibility index (Phi) is 8.96. The van der Waals surface area contributed by atoms with Gasteiger partial charge in [-0.2, -0.15) is 0 Å². The lowest BCUT2D eigenvalue weighted by atomic mass is 10.1. The number of hydrogen-bond donors (Lipinski definition) is 2. The Morgan fingerprint density at radius 3 is 2.90 bits per heavy atom. The largest absolute Gasteiger partial charge is 0.491 e. The number of hydrogen-bond acceptors (Lipinski definition) is 5. The highest BCUT2D eigenvalue weighted by atomic mass is 16.5. The lowest BCUT2D eigenvalue weighted by Gasteiger charge is -2.15. The normalized spacial score (nSPS) is 16.6. The number of nitrogens with zero attached hydrogens (tertiary/aromatic N) is 4. The van der Waals surface area contributed by atoms with Gasteiger partial charge in [0.05, 0.1) is 12.6 Å². The molecule has 0 spiro atoms. The van der Waals surface area contributed by atoms with E-state index in [-0.39, 0.29) is 6.10 Å². The van der Waals surface area contributed by atoms with Gasteiger partial charge in [0.1, 0.15) is 25.0 Å². The fourth-order valence-corrected chi connectivity index (χ4v) is 3.35. The topological polar surface area (TPSA) is 85.6 Å². The molecule has 0 radical (unpaired) electrons. The van der Waals surface area contributed by atoms with E-state index in [2.05, 4.69) is 52.9 Å². The van der Waals surface area contributed by atoms with E-state index in [1.54, 1.807) is 12.7 Å². The lowest BCUT2D eigenvalue weighted by Crippen LogP contribution is -2.37. The fraction of sp³-hybridized carbons (Fsp3) is 0.591. The Balaban J connectivity index is 1.49.